The molecule has 0 radical (unpaired) electrons. The molecule has 0 bridgehead atoms. The second kappa shape index (κ2) is 5.87. The molecule has 0 aliphatic carbocycles. The highest BCUT2D eigenvalue weighted by molar-refractivity contribution is 5.92. The van der Waals surface area contributed by atoms with Gasteiger partial charge in [0.25, 0.3) is 11.1 Å². The van der Waals surface area contributed by atoms with Crippen LogP contribution in [0.25, 0.3) is 0 Å². The molecule has 1 aromatic heterocycles. The van der Waals surface area contributed by atoms with E-state index in [9.17, 15) is 19.2 Å². The van der Waals surface area contributed by atoms with E-state index in [2.05, 4.69) is 10.4 Å². The highest BCUT2D eigenvalue weighted by Crippen LogP contribution is 2.09. The normalized spacial score (nSPS) is 10.1. The summed E-state index contributed by atoms with van der Waals surface area (Å²) in [4.78, 5) is 44.9. The number of hydrogen-bond acceptors (Lipinski definition) is 4. The van der Waals surface area contributed by atoms with Crippen LogP contribution in [0.4, 0.5) is 5.69 Å². The van der Waals surface area contributed by atoms with Crippen LogP contribution in [0, 0.1) is 0 Å². The van der Waals surface area contributed by atoms with Crippen LogP contribution >= 0.6 is 0 Å². The maximum atomic E-state index is 11.8. The van der Waals surface area contributed by atoms with Crippen LogP contribution < -0.4 is 16.4 Å². The number of anilines is 1. The van der Waals surface area contributed by atoms with E-state index < -0.39 is 23.0 Å². The first kappa shape index (κ1) is 14.3. The van der Waals surface area contributed by atoms with Crippen molar-refractivity contribution in [2.75, 3.05) is 5.32 Å². The van der Waals surface area contributed by atoms with E-state index in [0.717, 1.165) is 16.8 Å². The number of aromatic carboxylic acids is 1. The van der Waals surface area contributed by atoms with E-state index in [1.165, 1.54) is 24.3 Å². The number of carbonyl (C=O) groups excluding carboxylic acids is 1. The maximum absolute atomic E-state index is 11.8. The number of carboxylic acids is 1. The SMILES string of the molecule is O=C(Cn1[nH]c(=O)ccc1=O)Nc1ccc(C(=O)O)cc1. The molecule has 0 unspecified atom stereocenters. The summed E-state index contributed by atoms with van der Waals surface area (Å²) in [6, 6.07) is 7.67. The number of aromatic amines is 1. The molecule has 0 saturated heterocycles. The van der Waals surface area contributed by atoms with Gasteiger partial charge in [-0.15, -0.1) is 0 Å². The van der Waals surface area contributed by atoms with Crippen molar-refractivity contribution in [1.82, 2.24) is 9.78 Å². The summed E-state index contributed by atoms with van der Waals surface area (Å²) in [5.74, 6) is -1.59. The van der Waals surface area contributed by atoms with Gasteiger partial charge in [-0.1, -0.05) is 0 Å². The van der Waals surface area contributed by atoms with Crippen molar-refractivity contribution < 1.29 is 14.7 Å². The van der Waals surface area contributed by atoms with Crippen molar-refractivity contribution in [2.45, 2.75) is 6.54 Å². The molecule has 2 aromatic rings. The molecule has 3 N–H and O–H groups in total. The van der Waals surface area contributed by atoms with Gasteiger partial charge in [0, 0.05) is 17.8 Å². The van der Waals surface area contributed by atoms with Gasteiger partial charge in [-0.2, -0.15) is 0 Å². The number of rotatable bonds is 4. The van der Waals surface area contributed by atoms with Crippen LogP contribution in [0.5, 0.6) is 0 Å². The first-order valence-corrected chi connectivity index (χ1v) is 5.89. The third-order valence-corrected chi connectivity index (χ3v) is 2.61. The molecule has 0 aliphatic heterocycles. The Kier molecular flexibility index (Phi) is 3.98. The molecule has 1 amide bonds. The molecule has 0 atom stereocenters. The van der Waals surface area contributed by atoms with Gasteiger partial charge in [0.15, 0.2) is 0 Å². The van der Waals surface area contributed by atoms with E-state index in [-0.39, 0.29) is 12.1 Å². The maximum Gasteiger partial charge on any atom is 0.335 e. The lowest BCUT2D eigenvalue weighted by molar-refractivity contribution is -0.117. The largest absolute Gasteiger partial charge is 0.478 e. The smallest absolute Gasteiger partial charge is 0.335 e. The van der Waals surface area contributed by atoms with Crippen molar-refractivity contribution in [3.63, 3.8) is 0 Å². The van der Waals surface area contributed by atoms with Crippen LogP contribution in [0.2, 0.25) is 0 Å². The lowest BCUT2D eigenvalue weighted by Gasteiger charge is -2.07. The molecule has 8 nitrogen and oxygen atoms in total. The third-order valence-electron chi connectivity index (χ3n) is 2.61. The Morgan fingerprint density at radius 2 is 1.76 bits per heavy atom. The lowest BCUT2D eigenvalue weighted by Crippen LogP contribution is -2.32. The van der Waals surface area contributed by atoms with E-state index in [4.69, 9.17) is 5.11 Å². The van der Waals surface area contributed by atoms with E-state index in [1.54, 1.807) is 0 Å². The Bertz CT molecular complexity index is 788. The third kappa shape index (κ3) is 3.66. The zero-order valence-electron chi connectivity index (χ0n) is 10.7. The molecule has 21 heavy (non-hydrogen) atoms. The second-order valence-electron chi connectivity index (χ2n) is 4.16. The predicted molar refractivity (Wildman–Crippen MR) is 73.4 cm³/mol. The standard InChI is InChI=1S/C13H11N3O5/c17-10-5-6-12(19)16(15-10)7-11(18)14-9-3-1-8(2-4-9)13(20)21/h1-6H,7H2,(H,14,18)(H,15,17)(H,20,21). The number of amides is 1. The highest BCUT2D eigenvalue weighted by atomic mass is 16.4. The van der Waals surface area contributed by atoms with Gasteiger partial charge in [-0.05, 0) is 24.3 Å². The molecule has 2 rings (SSSR count). The van der Waals surface area contributed by atoms with Gasteiger partial charge in [-0.3, -0.25) is 19.5 Å². The van der Waals surface area contributed by atoms with Gasteiger partial charge in [0.2, 0.25) is 5.91 Å². The van der Waals surface area contributed by atoms with Crippen molar-refractivity contribution in [3.8, 4) is 0 Å². The van der Waals surface area contributed by atoms with Crippen molar-refractivity contribution in [3.05, 3.63) is 62.7 Å². The fraction of sp³-hybridized carbons (Fsp3) is 0.0769. The Labute approximate surface area is 117 Å². The van der Waals surface area contributed by atoms with Gasteiger partial charge < -0.3 is 10.4 Å². The quantitative estimate of drug-likeness (QED) is 0.724. The lowest BCUT2D eigenvalue weighted by atomic mass is 10.2. The minimum absolute atomic E-state index is 0.0941. The number of H-pyrrole nitrogens is 1. The van der Waals surface area contributed by atoms with Crippen LogP contribution in [-0.4, -0.2) is 26.8 Å². The van der Waals surface area contributed by atoms with Crippen molar-refractivity contribution in [1.29, 1.82) is 0 Å². The number of carbonyl (C=O) groups is 2. The Hall–Kier alpha value is -3.16. The Morgan fingerprint density at radius 3 is 2.38 bits per heavy atom. The van der Waals surface area contributed by atoms with E-state index >= 15 is 0 Å². The summed E-state index contributed by atoms with van der Waals surface area (Å²) in [5.41, 5.74) is -0.521. The summed E-state index contributed by atoms with van der Waals surface area (Å²) in [5, 5.41) is 13.5. The average molecular weight is 289 g/mol. The number of benzene rings is 1. The Balaban J connectivity index is 2.08. The van der Waals surface area contributed by atoms with Crippen molar-refractivity contribution >= 4 is 17.6 Å². The molecule has 8 heteroatoms. The zero-order valence-corrected chi connectivity index (χ0v) is 10.7. The molecule has 1 heterocycles. The predicted octanol–water partition coefficient (Wildman–Crippen LogP) is -0.127. The monoisotopic (exact) mass is 289 g/mol. The van der Waals surface area contributed by atoms with E-state index in [1.807, 2.05) is 0 Å². The molecule has 0 aliphatic rings. The Morgan fingerprint density at radius 1 is 1.10 bits per heavy atom. The molecule has 108 valence electrons. The summed E-state index contributed by atoms with van der Waals surface area (Å²) in [6.45, 7) is -0.352. The number of nitrogens with zero attached hydrogens (tertiary/aromatic N) is 1. The average Bonchev–Trinajstić information content (AvgIpc) is 2.43. The molecule has 0 fully saturated rings. The first-order valence-electron chi connectivity index (χ1n) is 5.89. The highest BCUT2D eigenvalue weighted by Gasteiger charge is 2.07. The summed E-state index contributed by atoms with van der Waals surface area (Å²) >= 11 is 0. The fourth-order valence-electron chi connectivity index (χ4n) is 1.62. The number of carboxylic acid groups (broad SMARTS) is 1. The number of hydrogen-bond donors (Lipinski definition) is 3. The number of aromatic nitrogens is 2. The molecule has 0 saturated carbocycles. The molecule has 0 spiro atoms. The van der Waals surface area contributed by atoms with Crippen LogP contribution in [0.15, 0.2) is 46.0 Å². The van der Waals surface area contributed by atoms with E-state index in [0.29, 0.717) is 5.69 Å². The topological polar surface area (TPSA) is 121 Å². The van der Waals surface area contributed by atoms with Gasteiger partial charge in [0.05, 0.1) is 5.56 Å². The van der Waals surface area contributed by atoms with Crippen molar-refractivity contribution in [2.24, 2.45) is 0 Å². The van der Waals surface area contributed by atoms with Gasteiger partial charge in [0.1, 0.15) is 6.54 Å². The van der Waals surface area contributed by atoms with Gasteiger partial charge >= 0.3 is 5.97 Å². The summed E-state index contributed by atoms with van der Waals surface area (Å²) in [7, 11) is 0. The number of nitrogens with one attached hydrogen (secondary N) is 2. The molecular weight excluding hydrogens is 278 g/mol. The summed E-state index contributed by atoms with van der Waals surface area (Å²) < 4.78 is 0.878. The molecular formula is C13H11N3O5. The van der Waals surface area contributed by atoms with Crippen LogP contribution in [0.3, 0.4) is 0 Å². The van der Waals surface area contributed by atoms with Crippen LogP contribution in [0.1, 0.15) is 10.4 Å². The zero-order chi connectivity index (χ0) is 15.4. The first-order chi connectivity index (χ1) is 9.95. The second-order valence-corrected chi connectivity index (χ2v) is 4.16. The van der Waals surface area contributed by atoms with Crippen LogP contribution in [-0.2, 0) is 11.3 Å². The summed E-state index contributed by atoms with van der Waals surface area (Å²) in [6.07, 6.45) is 0. The minimum Gasteiger partial charge on any atom is -0.478 e. The fourth-order valence-corrected chi connectivity index (χ4v) is 1.62. The molecule has 1 aromatic carbocycles. The minimum atomic E-state index is -1.07. The van der Waals surface area contributed by atoms with Gasteiger partial charge in [-0.25, -0.2) is 9.48 Å².